The van der Waals surface area contributed by atoms with Crippen LogP contribution in [0.4, 0.5) is 4.79 Å². The van der Waals surface area contributed by atoms with E-state index in [1.807, 2.05) is 11.8 Å². The van der Waals surface area contributed by atoms with Crippen LogP contribution in [0.15, 0.2) is 0 Å². The third kappa shape index (κ3) is 33.3. The molecule has 0 spiro atoms. The molecule has 0 aromatic carbocycles. The second-order valence-corrected chi connectivity index (χ2v) is 32.6. The van der Waals surface area contributed by atoms with Crippen LogP contribution in [0.25, 0.3) is 0 Å². The molecule has 13 unspecified atom stereocenters. The molecule has 7 aliphatic heterocycles. The van der Waals surface area contributed by atoms with Gasteiger partial charge in [-0.1, -0.05) is 44.5 Å². The Balaban J connectivity index is 1.09. The molecular weight excluding hydrogens is 1870 g/mol. The molecule has 57 nitrogen and oxygen atoms in total. The molecule has 0 radical (unpaired) electrons. The highest BCUT2D eigenvalue weighted by Crippen LogP contribution is 2.43. The van der Waals surface area contributed by atoms with Crippen LogP contribution in [0.3, 0.4) is 0 Å². The molecule has 720 valence electrons. The van der Waals surface area contributed by atoms with E-state index in [2.05, 4.69) is 77.6 Å². The van der Waals surface area contributed by atoms with Crippen LogP contribution >= 0.6 is 73.4 Å². The van der Waals surface area contributed by atoms with Gasteiger partial charge in [-0.05, 0) is 38.5 Å². The van der Waals surface area contributed by atoms with Gasteiger partial charge in [-0.3, -0.25) is 44.4 Å². The number of carbonyl (C=O) groups is 6. The maximum Gasteiger partial charge on any atom is 0.397 e. The average molecular weight is 1970 g/mol. The average Bonchev–Trinajstić information content (AvgIpc) is 0.904. The summed E-state index contributed by atoms with van der Waals surface area (Å²) in [4.78, 5) is 78.4. The Morgan fingerprint density at radius 2 is 0.823 bits per heavy atom. The van der Waals surface area contributed by atoms with Gasteiger partial charge in [0, 0.05) is 93.1 Å². The molecule has 7 heterocycles. The topological polar surface area (TPSA) is 718 Å². The molecule has 0 bridgehead atoms. The lowest BCUT2D eigenvalue weighted by molar-refractivity contribution is -0.437. The van der Waals surface area contributed by atoms with Gasteiger partial charge in [-0.15, -0.1) is 21.7 Å². The summed E-state index contributed by atoms with van der Waals surface area (Å²) < 4.78 is 225. The van der Waals surface area contributed by atoms with Crippen LogP contribution in [0.1, 0.15) is 77.0 Å². The third-order valence-electron chi connectivity index (χ3n) is 19.5. The summed E-state index contributed by atoms with van der Waals surface area (Å²) in [7, 11) is -3.36. The quantitative estimate of drug-likeness (QED) is 0.00931. The number of aliphatic carboxylic acids is 2. The largest absolute Gasteiger partial charge is 0.479 e. The zero-order valence-corrected chi connectivity index (χ0v) is 72.8. The summed E-state index contributed by atoms with van der Waals surface area (Å²) >= 11 is 1.18. The van der Waals surface area contributed by atoms with Gasteiger partial charge in [0.15, 0.2) is 117 Å². The Kier molecular flexibility index (Phi) is 49.5. The Bertz CT molecular complexity index is 3380. The lowest BCUT2D eigenvalue weighted by atomic mass is 9.94. The normalized spacial score (nSPS) is 33.4. The fourth-order valence-electron chi connectivity index (χ4n) is 14.2. The molecule has 7 fully saturated rings. The van der Waals surface area contributed by atoms with E-state index in [1.165, 1.54) is 0 Å². The summed E-state index contributed by atoms with van der Waals surface area (Å²) in [6.07, 6.45) is -40.7. The molecule has 7 rings (SSSR count). The fourth-order valence-corrected chi connectivity index (χ4v) is 18.0. The second kappa shape index (κ2) is 56.8. The molecular formula is C59H99N5O52S8. The first kappa shape index (κ1) is 108. The molecule has 5 amide bonds. The van der Waals surface area contributed by atoms with Crippen molar-refractivity contribution in [2.45, 2.75) is 248 Å². The molecule has 14 N–H and O–H groups in total. The van der Waals surface area contributed by atoms with Gasteiger partial charge in [-0.25, -0.2) is 49.0 Å². The molecule has 0 aromatic heterocycles. The zero-order chi connectivity index (χ0) is 90.5. The van der Waals surface area contributed by atoms with Crippen molar-refractivity contribution in [1.29, 1.82) is 0 Å². The highest BCUT2D eigenvalue weighted by molar-refractivity contribution is 8.00. The maximum absolute atomic E-state index is 14.1. The van der Waals surface area contributed by atoms with E-state index in [1.54, 1.807) is 0 Å². The third-order valence-corrected chi connectivity index (χ3v) is 23.9. The van der Waals surface area contributed by atoms with E-state index in [9.17, 15) is 75.4 Å². The van der Waals surface area contributed by atoms with Crippen LogP contribution in [0, 0.1) is 0 Å². The van der Waals surface area contributed by atoms with Crippen molar-refractivity contribution in [1.82, 2.24) is 26.6 Å². The number of nitrogens with one attached hydrogen (secondary N) is 5. The minimum atomic E-state index is -5.58. The number of thioether (sulfide) groups is 1. The van der Waals surface area contributed by atoms with Crippen molar-refractivity contribution in [2.24, 2.45) is 0 Å². The number of urea groups is 1. The highest BCUT2D eigenvalue weighted by atomic mass is 32.3. The fraction of sp³-hybridized carbons (Fsp3) is 0.898. The molecule has 0 saturated carbocycles. The smallest absolute Gasteiger partial charge is 0.397 e. The maximum atomic E-state index is 14.1. The van der Waals surface area contributed by atoms with E-state index in [0.717, 1.165) is 74.8 Å². The molecule has 124 heavy (non-hydrogen) atoms. The number of carboxylic acid groups (broad SMARTS) is 2. The standard InChI is InChI=1S/C59H99N5O52S8/c1-84-36-28(23-92-123(78,79)80)94-54(35(39(36)85-2)63-33(67)19-11-9-15-21-60-31(65)17-10-8-14-20-61-32(66)18-13-12-16-30-34-26(25-117-30)62-59(72)64-34)99-42-40(86-3)48(88-5)57(101-46(42)52(68)69)98-38-29(24-93-124(81,82)83)96-58(51(106-122-116-111-77)45(38)104-120-114-109-75)100-43-41(87-4)49(89-6)56(102-47(43)53(70)71)97-37-27(22-91-118-112-107-73)95-55(90-7)50(105-121-115-110-76)44(37)103-119-113-108-74/h26-30,34-51,54-58,73-77H,8-25H2,1-7H3,(H,60,65)(H,61,66)(H,63,67)(H,68,69)(H,70,71)(H2,62,64,72)(H,78,79,80)(H,81,82,83)/t26?,27?,28?,29-,30?,34?,35?,36-,37+,38+,39+,40-,41?,42-,43-,44-,45?,46?,47+,48?,49?,50?,51?,54-,55-,56-,57+,58+/m0/s1. The number of amides is 5. The van der Waals surface area contributed by atoms with Gasteiger partial charge in [0.1, 0.15) is 97.6 Å². The summed E-state index contributed by atoms with van der Waals surface area (Å²) in [5.74, 6) is -3.91. The van der Waals surface area contributed by atoms with E-state index < -0.39 is 212 Å². The SMILES string of the molecule is COC1C(OC)[C@H](O[C@H]2O[C@@H](COS(=O)(=O)O)[C@@H](O[C@@H]3OC(C(=O)O)[C@@H](O[C@@H]4OC(COS(=O)(=O)O)[C@H](OC)[C@H](OC)C4NC(=O)CCCCCNC(=O)CCCCCNC(=O)CCCCC4SCC5NC(=O)NC54)[C@H](OC)C3OC)C(OSOOO)C2OSOOO)[C@H](C(=O)O)O[C@@H]1O[C@@H]1C(COSOOO)O[C@H](OC)C(OSOOO)[C@H]1OSOOO. The van der Waals surface area contributed by atoms with Crippen molar-refractivity contribution in [3.63, 3.8) is 0 Å². The van der Waals surface area contributed by atoms with Crippen molar-refractivity contribution in [3.05, 3.63) is 0 Å². The lowest BCUT2D eigenvalue weighted by Gasteiger charge is -2.51. The zero-order valence-electron chi connectivity index (χ0n) is 66.2. The van der Waals surface area contributed by atoms with E-state index in [-0.39, 0.29) is 117 Å². The van der Waals surface area contributed by atoms with Gasteiger partial charge >= 0.3 is 38.8 Å². The number of carbonyl (C=O) groups excluding carboxylic acids is 4. The summed E-state index contributed by atoms with van der Waals surface area (Å²) in [5, 5.41) is 100. The number of hydrogen-bond donors (Lipinski definition) is 14. The Morgan fingerprint density at radius 1 is 0.427 bits per heavy atom. The molecule has 0 aromatic rings. The van der Waals surface area contributed by atoms with Crippen molar-refractivity contribution in [2.75, 3.05) is 88.4 Å². The number of ether oxygens (including phenoxy) is 16. The first-order valence-corrected chi connectivity index (χ1v) is 44.0. The van der Waals surface area contributed by atoms with E-state index in [0.29, 0.717) is 50.3 Å². The number of hydrogen-bond acceptors (Lipinski definition) is 54. The Morgan fingerprint density at radius 3 is 1.27 bits per heavy atom. The monoisotopic (exact) mass is 1970 g/mol. The van der Waals surface area contributed by atoms with Crippen molar-refractivity contribution >= 4 is 130 Å². The summed E-state index contributed by atoms with van der Waals surface area (Å²) in [6.45, 7) is -2.43. The van der Waals surface area contributed by atoms with Gasteiger partial charge in [0.25, 0.3) is 0 Å². The van der Waals surface area contributed by atoms with Gasteiger partial charge in [0.05, 0.1) is 31.9 Å². The number of unbranched alkanes of at least 4 members (excludes halogenated alkanes) is 5. The van der Waals surface area contributed by atoms with Gasteiger partial charge in [-0.2, -0.15) is 28.6 Å². The first-order chi connectivity index (χ1) is 59.6. The summed E-state index contributed by atoms with van der Waals surface area (Å²) in [5.41, 5.74) is 0. The minimum Gasteiger partial charge on any atom is -0.479 e. The summed E-state index contributed by atoms with van der Waals surface area (Å²) in [6, 6.07) is -1.46. The van der Waals surface area contributed by atoms with Crippen LogP contribution in [-0.4, -0.2) is 357 Å². The molecule has 65 heteroatoms. The molecule has 0 aliphatic carbocycles. The number of methoxy groups -OCH3 is 7. The van der Waals surface area contributed by atoms with E-state index >= 15 is 0 Å². The molecule has 7 saturated heterocycles. The number of fused-ring (bicyclic) bond motifs is 1. The lowest BCUT2D eigenvalue weighted by Crippen LogP contribution is -2.70. The predicted octanol–water partition coefficient (Wildman–Crippen LogP) is -0.261. The van der Waals surface area contributed by atoms with Crippen LogP contribution in [0.2, 0.25) is 0 Å². The van der Waals surface area contributed by atoms with Crippen LogP contribution in [-0.2, 0) is 197 Å². The highest BCUT2D eigenvalue weighted by Gasteiger charge is 2.62. The Hall–Kier alpha value is -2.98. The van der Waals surface area contributed by atoms with Crippen molar-refractivity contribution in [3.8, 4) is 0 Å². The number of rotatable bonds is 62. The predicted molar refractivity (Wildman–Crippen MR) is 401 cm³/mol. The number of carboxylic acids is 2. The van der Waals surface area contributed by atoms with Crippen LogP contribution in [0.5, 0.6) is 0 Å². The van der Waals surface area contributed by atoms with Crippen molar-refractivity contribution < 1.29 is 243 Å². The minimum absolute atomic E-state index is 0.0367. The van der Waals surface area contributed by atoms with Gasteiger partial charge in [0.2, 0.25) is 17.7 Å². The van der Waals surface area contributed by atoms with E-state index in [4.69, 9.17) is 117 Å². The molecule has 7 aliphatic rings. The van der Waals surface area contributed by atoms with Gasteiger partial charge < -0.3 is 113 Å². The Labute approximate surface area is 732 Å². The first-order valence-electron chi connectivity index (χ1n) is 36.9. The molecule has 28 atom stereocenters. The van der Waals surface area contributed by atoms with Crippen LogP contribution < -0.4 is 26.6 Å². The second-order valence-electron chi connectivity index (χ2n) is 26.8.